The number of nitrogens with one attached hydrogen (secondary N) is 2. The summed E-state index contributed by atoms with van der Waals surface area (Å²) in [5.74, 6) is -0.784. The first-order valence-electron chi connectivity index (χ1n) is 8.23. The summed E-state index contributed by atoms with van der Waals surface area (Å²) in [5.41, 5.74) is 0.449. The maximum Gasteiger partial charge on any atom is 0.573 e. The van der Waals surface area contributed by atoms with Crippen LogP contribution >= 0.6 is 12.4 Å². The fourth-order valence-corrected chi connectivity index (χ4v) is 3.36. The molecule has 0 spiro atoms. The van der Waals surface area contributed by atoms with E-state index in [0.29, 0.717) is 12.0 Å². The highest BCUT2D eigenvalue weighted by Crippen LogP contribution is 2.51. The van der Waals surface area contributed by atoms with Gasteiger partial charge in [-0.05, 0) is 50.3 Å². The zero-order valence-electron chi connectivity index (χ0n) is 13.8. The number of piperidine rings is 1. The summed E-state index contributed by atoms with van der Waals surface area (Å²) >= 11 is 0. The highest BCUT2D eigenvalue weighted by atomic mass is 35.5. The van der Waals surface area contributed by atoms with E-state index in [9.17, 15) is 18.0 Å². The molecule has 1 aromatic rings. The molecule has 1 amide bonds. The SMILES string of the molecule is CC1NCCCC1NC(=O)C1CC1c1ccccc1OC(F)(F)F.Cl. The zero-order chi connectivity index (χ0) is 17.3. The van der Waals surface area contributed by atoms with Crippen LogP contribution in [0.3, 0.4) is 0 Å². The van der Waals surface area contributed by atoms with Crippen LogP contribution in [0.15, 0.2) is 24.3 Å². The van der Waals surface area contributed by atoms with E-state index in [1.807, 2.05) is 6.92 Å². The molecular weight excluding hydrogens is 357 g/mol. The second-order valence-corrected chi connectivity index (χ2v) is 6.53. The van der Waals surface area contributed by atoms with Gasteiger partial charge in [-0.25, -0.2) is 0 Å². The van der Waals surface area contributed by atoms with Gasteiger partial charge in [0.25, 0.3) is 0 Å². The molecule has 8 heteroatoms. The van der Waals surface area contributed by atoms with Gasteiger partial charge in [0.15, 0.2) is 0 Å². The minimum Gasteiger partial charge on any atom is -0.405 e. The van der Waals surface area contributed by atoms with Crippen LogP contribution in [0.5, 0.6) is 5.75 Å². The van der Waals surface area contributed by atoms with Crippen molar-refractivity contribution in [2.75, 3.05) is 6.54 Å². The van der Waals surface area contributed by atoms with Crippen LogP contribution in [0.2, 0.25) is 0 Å². The Hall–Kier alpha value is -1.47. The molecule has 1 aromatic carbocycles. The molecule has 1 aliphatic carbocycles. The quantitative estimate of drug-likeness (QED) is 0.844. The maximum absolute atomic E-state index is 12.5. The summed E-state index contributed by atoms with van der Waals surface area (Å²) in [6.45, 7) is 2.97. The van der Waals surface area contributed by atoms with Crippen molar-refractivity contribution in [2.24, 2.45) is 5.92 Å². The standard InChI is InChI=1S/C17H21F3N2O2.ClH/c1-10-14(6-4-8-21-10)22-16(23)13-9-12(13)11-5-2-3-7-15(11)24-17(18,19)20;/h2-3,5,7,10,12-14,21H,4,6,8-9H2,1H3,(H,22,23);1H. The molecule has 25 heavy (non-hydrogen) atoms. The van der Waals surface area contributed by atoms with Gasteiger partial charge in [0.1, 0.15) is 5.75 Å². The minimum absolute atomic E-state index is 0. The molecule has 140 valence electrons. The normalized spacial score (nSPS) is 28.6. The second kappa shape index (κ2) is 7.83. The molecule has 4 unspecified atom stereocenters. The number of hydrogen-bond acceptors (Lipinski definition) is 3. The number of hydrogen-bond donors (Lipinski definition) is 2. The van der Waals surface area contributed by atoms with E-state index in [1.54, 1.807) is 12.1 Å². The van der Waals surface area contributed by atoms with Crippen LogP contribution in [0.1, 0.15) is 37.7 Å². The van der Waals surface area contributed by atoms with Crippen molar-refractivity contribution in [2.45, 2.75) is 50.6 Å². The fourth-order valence-electron chi connectivity index (χ4n) is 3.36. The molecule has 3 rings (SSSR count). The fraction of sp³-hybridized carbons (Fsp3) is 0.588. The summed E-state index contributed by atoms with van der Waals surface area (Å²) in [6.07, 6.45) is -2.25. The van der Waals surface area contributed by atoms with Gasteiger partial charge in [-0.15, -0.1) is 25.6 Å². The van der Waals surface area contributed by atoms with Crippen molar-refractivity contribution in [3.63, 3.8) is 0 Å². The number of benzene rings is 1. The Morgan fingerprint density at radius 2 is 2.04 bits per heavy atom. The van der Waals surface area contributed by atoms with Crippen molar-refractivity contribution in [1.82, 2.24) is 10.6 Å². The number of carbonyl (C=O) groups is 1. The Labute approximate surface area is 150 Å². The van der Waals surface area contributed by atoms with Crippen molar-refractivity contribution >= 4 is 18.3 Å². The summed E-state index contributed by atoms with van der Waals surface area (Å²) in [7, 11) is 0. The van der Waals surface area contributed by atoms with Crippen LogP contribution < -0.4 is 15.4 Å². The number of carbonyl (C=O) groups excluding carboxylic acids is 1. The first-order chi connectivity index (χ1) is 11.3. The molecule has 4 nitrogen and oxygen atoms in total. The van der Waals surface area contributed by atoms with E-state index in [0.717, 1.165) is 19.4 Å². The highest BCUT2D eigenvalue weighted by molar-refractivity contribution is 5.85. The largest absolute Gasteiger partial charge is 0.573 e. The Bertz CT molecular complexity index is 612. The molecule has 0 aromatic heterocycles. The molecule has 4 atom stereocenters. The van der Waals surface area contributed by atoms with Gasteiger partial charge in [0.05, 0.1) is 0 Å². The summed E-state index contributed by atoms with van der Waals surface area (Å²) in [6, 6.07) is 6.35. The van der Waals surface area contributed by atoms with Crippen molar-refractivity contribution in [3.05, 3.63) is 29.8 Å². The van der Waals surface area contributed by atoms with Gasteiger partial charge in [-0.3, -0.25) is 4.79 Å². The highest BCUT2D eigenvalue weighted by Gasteiger charge is 2.47. The van der Waals surface area contributed by atoms with Gasteiger partial charge >= 0.3 is 6.36 Å². The lowest BCUT2D eigenvalue weighted by molar-refractivity contribution is -0.274. The topological polar surface area (TPSA) is 50.4 Å². The van der Waals surface area contributed by atoms with Crippen molar-refractivity contribution in [3.8, 4) is 5.75 Å². The minimum atomic E-state index is -4.73. The van der Waals surface area contributed by atoms with Crippen LogP contribution in [0.4, 0.5) is 13.2 Å². The third-order valence-electron chi connectivity index (χ3n) is 4.76. The first kappa shape index (κ1) is 19.8. The number of rotatable bonds is 4. The number of amides is 1. The number of ether oxygens (including phenoxy) is 1. The lowest BCUT2D eigenvalue weighted by atomic mass is 9.99. The van der Waals surface area contributed by atoms with Crippen LogP contribution in [0.25, 0.3) is 0 Å². The molecule has 1 saturated carbocycles. The average molecular weight is 379 g/mol. The van der Waals surface area contributed by atoms with Gasteiger partial charge in [-0.1, -0.05) is 18.2 Å². The summed E-state index contributed by atoms with van der Waals surface area (Å²) < 4.78 is 41.6. The molecule has 1 saturated heterocycles. The van der Waals surface area contributed by atoms with Gasteiger partial charge in [0, 0.05) is 18.0 Å². The Morgan fingerprint density at radius 3 is 2.72 bits per heavy atom. The maximum atomic E-state index is 12.5. The molecule has 1 heterocycles. The van der Waals surface area contributed by atoms with E-state index in [-0.39, 0.29) is 48.0 Å². The molecule has 2 N–H and O–H groups in total. The lowest BCUT2D eigenvalue weighted by Gasteiger charge is -2.30. The third kappa shape index (κ3) is 5.01. The molecule has 0 bridgehead atoms. The zero-order valence-corrected chi connectivity index (χ0v) is 14.6. The van der Waals surface area contributed by atoms with Gasteiger partial charge in [-0.2, -0.15) is 0 Å². The molecule has 1 aliphatic heterocycles. The lowest BCUT2D eigenvalue weighted by Crippen LogP contribution is -2.52. The number of para-hydroxylation sites is 1. The Balaban J connectivity index is 0.00000225. The Kier molecular flexibility index (Phi) is 6.21. The van der Waals surface area contributed by atoms with Crippen LogP contribution in [-0.2, 0) is 4.79 Å². The number of halogens is 4. The van der Waals surface area contributed by atoms with E-state index in [2.05, 4.69) is 15.4 Å². The molecule has 2 fully saturated rings. The molecular formula is C17H22ClF3N2O2. The predicted octanol–water partition coefficient (Wildman–Crippen LogP) is 3.37. The predicted molar refractivity (Wildman–Crippen MR) is 89.9 cm³/mol. The second-order valence-electron chi connectivity index (χ2n) is 6.53. The third-order valence-corrected chi connectivity index (χ3v) is 4.76. The number of alkyl halides is 3. The van der Waals surface area contributed by atoms with E-state index in [1.165, 1.54) is 12.1 Å². The smallest absolute Gasteiger partial charge is 0.405 e. The monoisotopic (exact) mass is 378 g/mol. The average Bonchev–Trinajstić information content (AvgIpc) is 3.29. The summed E-state index contributed by atoms with van der Waals surface area (Å²) in [4.78, 5) is 12.4. The van der Waals surface area contributed by atoms with E-state index < -0.39 is 6.36 Å². The Morgan fingerprint density at radius 1 is 1.32 bits per heavy atom. The molecule has 2 aliphatic rings. The van der Waals surface area contributed by atoms with E-state index >= 15 is 0 Å². The first-order valence-corrected chi connectivity index (χ1v) is 8.23. The summed E-state index contributed by atoms with van der Waals surface area (Å²) in [5, 5.41) is 6.35. The van der Waals surface area contributed by atoms with Gasteiger partial charge < -0.3 is 15.4 Å². The van der Waals surface area contributed by atoms with E-state index in [4.69, 9.17) is 0 Å². The van der Waals surface area contributed by atoms with Crippen molar-refractivity contribution < 1.29 is 22.7 Å². The molecule has 0 radical (unpaired) electrons. The van der Waals surface area contributed by atoms with Crippen LogP contribution in [-0.4, -0.2) is 30.9 Å². The van der Waals surface area contributed by atoms with Crippen molar-refractivity contribution in [1.29, 1.82) is 0 Å². The van der Waals surface area contributed by atoms with Crippen LogP contribution in [0, 0.1) is 5.92 Å². The van der Waals surface area contributed by atoms with Gasteiger partial charge in [0.2, 0.25) is 5.91 Å².